The third-order valence-corrected chi connectivity index (χ3v) is 5.10. The number of aromatic nitrogens is 1. The predicted molar refractivity (Wildman–Crippen MR) is 83.0 cm³/mol. The number of hydrogen-bond acceptors (Lipinski definition) is 4. The fourth-order valence-electron chi connectivity index (χ4n) is 3.97. The number of rotatable bonds is 2. The maximum absolute atomic E-state index is 11.3. The smallest absolute Gasteiger partial charge is 0.306 e. The zero-order chi connectivity index (χ0) is 15.1. The van der Waals surface area contributed by atoms with Gasteiger partial charge in [-0.05, 0) is 36.8 Å². The zero-order valence-corrected chi connectivity index (χ0v) is 12.2. The van der Waals surface area contributed by atoms with E-state index in [1.807, 2.05) is 18.3 Å². The van der Waals surface area contributed by atoms with Crippen molar-refractivity contribution in [1.29, 1.82) is 0 Å². The Morgan fingerprint density at radius 1 is 1.18 bits per heavy atom. The Kier molecular flexibility index (Phi) is 3.32. The molecule has 5 heteroatoms. The van der Waals surface area contributed by atoms with E-state index in [-0.39, 0.29) is 12.0 Å². The maximum atomic E-state index is 11.3. The molecule has 1 saturated heterocycles. The first kappa shape index (κ1) is 13.7. The minimum atomic E-state index is -0.667. The van der Waals surface area contributed by atoms with Crippen LogP contribution in [0, 0.1) is 11.8 Å². The first-order valence-electron chi connectivity index (χ1n) is 7.81. The SMILES string of the molecule is O=C(O)C1CCC2NNC(c3cccc4cccnc34)C2C1. The lowest BCUT2D eigenvalue weighted by atomic mass is 9.74. The summed E-state index contributed by atoms with van der Waals surface area (Å²) in [7, 11) is 0. The zero-order valence-electron chi connectivity index (χ0n) is 12.2. The summed E-state index contributed by atoms with van der Waals surface area (Å²) in [5, 5.41) is 10.5. The molecule has 2 fully saturated rings. The van der Waals surface area contributed by atoms with Gasteiger partial charge in [-0.15, -0.1) is 0 Å². The molecule has 1 aromatic heterocycles. The number of para-hydroxylation sites is 1. The second kappa shape index (κ2) is 5.34. The summed E-state index contributed by atoms with van der Waals surface area (Å²) in [6.07, 6.45) is 4.19. The van der Waals surface area contributed by atoms with Gasteiger partial charge < -0.3 is 5.11 Å². The van der Waals surface area contributed by atoms with E-state index in [0.717, 1.165) is 29.3 Å². The molecule has 2 heterocycles. The fraction of sp³-hybridized carbons (Fsp3) is 0.412. The molecule has 4 atom stereocenters. The van der Waals surface area contributed by atoms with Crippen molar-refractivity contribution in [3.8, 4) is 0 Å². The number of carboxylic acid groups (broad SMARTS) is 1. The molecule has 4 rings (SSSR count). The molecule has 114 valence electrons. The number of pyridine rings is 1. The fourth-order valence-corrected chi connectivity index (χ4v) is 3.97. The van der Waals surface area contributed by atoms with E-state index in [4.69, 9.17) is 0 Å². The van der Waals surface area contributed by atoms with E-state index in [0.29, 0.717) is 18.4 Å². The van der Waals surface area contributed by atoms with Crippen molar-refractivity contribution in [1.82, 2.24) is 15.8 Å². The maximum Gasteiger partial charge on any atom is 0.306 e. The van der Waals surface area contributed by atoms with Crippen molar-refractivity contribution in [2.24, 2.45) is 11.8 Å². The summed E-state index contributed by atoms with van der Waals surface area (Å²) in [5.74, 6) is -0.601. The van der Waals surface area contributed by atoms with Crippen molar-refractivity contribution < 1.29 is 9.90 Å². The molecule has 0 radical (unpaired) electrons. The first-order chi connectivity index (χ1) is 10.7. The molecule has 4 unspecified atom stereocenters. The standard InChI is InChI=1S/C17H19N3O2/c21-17(22)11-6-7-14-13(9-11)16(20-19-14)12-5-1-3-10-4-2-8-18-15(10)12/h1-5,8,11,13-14,16,19-20H,6-7,9H2,(H,21,22). The van der Waals surface area contributed by atoms with Gasteiger partial charge in [0.15, 0.2) is 0 Å². The summed E-state index contributed by atoms with van der Waals surface area (Å²) < 4.78 is 0. The molecule has 1 aliphatic heterocycles. The summed E-state index contributed by atoms with van der Waals surface area (Å²) in [4.78, 5) is 15.9. The van der Waals surface area contributed by atoms with E-state index in [1.165, 1.54) is 0 Å². The number of hydrogen-bond donors (Lipinski definition) is 3. The Morgan fingerprint density at radius 2 is 2.05 bits per heavy atom. The third kappa shape index (κ3) is 2.17. The van der Waals surface area contributed by atoms with Crippen molar-refractivity contribution in [2.45, 2.75) is 31.3 Å². The number of nitrogens with zero attached hydrogens (tertiary/aromatic N) is 1. The van der Waals surface area contributed by atoms with Crippen molar-refractivity contribution in [3.05, 3.63) is 42.1 Å². The van der Waals surface area contributed by atoms with Crippen LogP contribution in [0.3, 0.4) is 0 Å². The molecule has 1 aliphatic carbocycles. The Bertz CT molecular complexity index is 713. The lowest BCUT2D eigenvalue weighted by Gasteiger charge is -2.31. The number of aliphatic carboxylic acids is 1. The van der Waals surface area contributed by atoms with E-state index in [1.54, 1.807) is 0 Å². The van der Waals surface area contributed by atoms with Gasteiger partial charge >= 0.3 is 5.97 Å². The van der Waals surface area contributed by atoms with Gasteiger partial charge in [0.2, 0.25) is 0 Å². The highest BCUT2D eigenvalue weighted by Crippen LogP contribution is 2.41. The molecule has 0 bridgehead atoms. The van der Waals surface area contributed by atoms with Crippen LogP contribution in [0.25, 0.3) is 10.9 Å². The van der Waals surface area contributed by atoms with Gasteiger partial charge in [0.05, 0.1) is 17.5 Å². The molecule has 1 aromatic carbocycles. The average molecular weight is 297 g/mol. The van der Waals surface area contributed by atoms with Crippen LogP contribution in [0.1, 0.15) is 30.9 Å². The van der Waals surface area contributed by atoms with Crippen LogP contribution in [0.2, 0.25) is 0 Å². The summed E-state index contributed by atoms with van der Waals surface area (Å²) >= 11 is 0. The highest BCUT2D eigenvalue weighted by atomic mass is 16.4. The molecule has 0 spiro atoms. The number of hydrazine groups is 1. The van der Waals surface area contributed by atoms with E-state index < -0.39 is 5.97 Å². The van der Waals surface area contributed by atoms with E-state index in [2.05, 4.69) is 34.0 Å². The second-order valence-corrected chi connectivity index (χ2v) is 6.31. The van der Waals surface area contributed by atoms with Crippen LogP contribution in [0.15, 0.2) is 36.5 Å². The van der Waals surface area contributed by atoms with Gasteiger partial charge in [-0.25, -0.2) is 5.43 Å². The molecule has 22 heavy (non-hydrogen) atoms. The molecule has 0 amide bonds. The third-order valence-electron chi connectivity index (χ3n) is 5.10. The average Bonchev–Trinajstić information content (AvgIpc) is 2.97. The number of benzene rings is 1. The number of nitrogens with one attached hydrogen (secondary N) is 2. The first-order valence-corrected chi connectivity index (χ1v) is 7.81. The Labute approximate surface area is 128 Å². The summed E-state index contributed by atoms with van der Waals surface area (Å²) in [6.45, 7) is 0. The quantitative estimate of drug-likeness (QED) is 0.793. The van der Waals surface area contributed by atoms with Crippen LogP contribution in [0.4, 0.5) is 0 Å². The van der Waals surface area contributed by atoms with E-state index >= 15 is 0 Å². The Hall–Kier alpha value is -1.98. The second-order valence-electron chi connectivity index (χ2n) is 6.31. The highest BCUT2D eigenvalue weighted by Gasteiger charge is 2.43. The van der Waals surface area contributed by atoms with Crippen molar-refractivity contribution in [3.63, 3.8) is 0 Å². The molecule has 3 N–H and O–H groups in total. The monoisotopic (exact) mass is 297 g/mol. The normalized spacial score (nSPS) is 31.1. The van der Waals surface area contributed by atoms with Crippen molar-refractivity contribution >= 4 is 16.9 Å². The van der Waals surface area contributed by atoms with Gasteiger partial charge in [-0.1, -0.05) is 24.3 Å². The largest absolute Gasteiger partial charge is 0.481 e. The van der Waals surface area contributed by atoms with Crippen LogP contribution in [-0.4, -0.2) is 22.1 Å². The highest BCUT2D eigenvalue weighted by molar-refractivity contribution is 5.82. The molecular weight excluding hydrogens is 278 g/mol. The van der Waals surface area contributed by atoms with Gasteiger partial charge in [0.1, 0.15) is 0 Å². The lowest BCUT2D eigenvalue weighted by molar-refractivity contribution is -0.143. The van der Waals surface area contributed by atoms with Crippen LogP contribution in [0.5, 0.6) is 0 Å². The Balaban J connectivity index is 1.71. The molecule has 2 aliphatic rings. The minimum absolute atomic E-state index is 0.116. The van der Waals surface area contributed by atoms with Gasteiger partial charge in [-0.3, -0.25) is 15.2 Å². The van der Waals surface area contributed by atoms with Crippen LogP contribution >= 0.6 is 0 Å². The topological polar surface area (TPSA) is 74.2 Å². The Morgan fingerprint density at radius 3 is 2.91 bits per heavy atom. The number of carboxylic acids is 1. The van der Waals surface area contributed by atoms with E-state index in [9.17, 15) is 9.90 Å². The van der Waals surface area contributed by atoms with Crippen molar-refractivity contribution in [2.75, 3.05) is 0 Å². The molecule has 1 saturated carbocycles. The molecular formula is C17H19N3O2. The number of fused-ring (bicyclic) bond motifs is 2. The minimum Gasteiger partial charge on any atom is -0.481 e. The van der Waals surface area contributed by atoms with Gasteiger partial charge in [0.25, 0.3) is 0 Å². The molecule has 2 aromatic rings. The number of carbonyl (C=O) groups is 1. The summed E-state index contributed by atoms with van der Waals surface area (Å²) in [6, 6.07) is 10.7. The van der Waals surface area contributed by atoms with Crippen LogP contribution in [-0.2, 0) is 4.79 Å². The predicted octanol–water partition coefficient (Wildman–Crippen LogP) is 2.25. The molecule has 5 nitrogen and oxygen atoms in total. The van der Waals surface area contributed by atoms with Crippen LogP contribution < -0.4 is 10.9 Å². The summed E-state index contributed by atoms with van der Waals surface area (Å²) in [5.41, 5.74) is 8.90. The van der Waals surface area contributed by atoms with Gasteiger partial charge in [0, 0.05) is 17.6 Å². The van der Waals surface area contributed by atoms with Gasteiger partial charge in [-0.2, -0.15) is 0 Å². The lowest BCUT2D eigenvalue weighted by Crippen LogP contribution is -2.36.